The van der Waals surface area contributed by atoms with Gasteiger partial charge in [-0.1, -0.05) is 0 Å². The number of hydrogen-bond donors (Lipinski definition) is 1. The second kappa shape index (κ2) is 7.96. The molecule has 2 aromatic rings. The van der Waals surface area contributed by atoms with Gasteiger partial charge in [0.25, 0.3) is 0 Å². The standard InChI is InChI=1S/C17H25N3O5S/c1-11-17(12(2)19-18-11)26(21,22)20(3)8-7-13-9-14(23-4)16(25-6)15(10-13)24-5/h9-10H,7-8H2,1-6H3,(H,18,19). The zero-order chi connectivity index (χ0) is 19.5. The molecule has 0 aliphatic carbocycles. The number of sulfonamides is 1. The third-order valence-corrected chi connectivity index (χ3v) is 6.29. The first-order valence-electron chi connectivity index (χ1n) is 8.03. The summed E-state index contributed by atoms with van der Waals surface area (Å²) in [4.78, 5) is 0.227. The molecule has 0 saturated carbocycles. The van der Waals surface area contributed by atoms with Gasteiger partial charge in [0.05, 0.1) is 32.7 Å². The van der Waals surface area contributed by atoms with Gasteiger partial charge in [-0.2, -0.15) is 5.10 Å². The number of aryl methyl sites for hydroxylation is 2. The van der Waals surface area contributed by atoms with Crippen LogP contribution in [0.25, 0.3) is 0 Å². The SMILES string of the molecule is COc1cc(CCN(C)S(=O)(=O)c2c(C)n[nH]c2C)cc(OC)c1OC. The molecule has 0 bridgehead atoms. The van der Waals surface area contributed by atoms with Crippen LogP contribution in [-0.2, 0) is 16.4 Å². The van der Waals surface area contributed by atoms with Crippen molar-refractivity contribution in [1.82, 2.24) is 14.5 Å². The van der Waals surface area contributed by atoms with Gasteiger partial charge in [0.2, 0.25) is 15.8 Å². The van der Waals surface area contributed by atoms with Crippen LogP contribution >= 0.6 is 0 Å². The van der Waals surface area contributed by atoms with Crippen molar-refractivity contribution in [2.45, 2.75) is 25.2 Å². The maximum atomic E-state index is 12.8. The van der Waals surface area contributed by atoms with Gasteiger partial charge >= 0.3 is 0 Å². The van der Waals surface area contributed by atoms with Crippen LogP contribution in [0, 0.1) is 13.8 Å². The molecule has 0 spiro atoms. The Morgan fingerprint density at radius 1 is 1.08 bits per heavy atom. The third kappa shape index (κ3) is 3.78. The number of nitrogens with zero attached hydrogens (tertiary/aromatic N) is 2. The lowest BCUT2D eigenvalue weighted by Crippen LogP contribution is -2.29. The van der Waals surface area contributed by atoms with Crippen molar-refractivity contribution >= 4 is 10.0 Å². The van der Waals surface area contributed by atoms with E-state index in [-0.39, 0.29) is 4.90 Å². The normalized spacial score (nSPS) is 11.7. The number of rotatable bonds is 8. The van der Waals surface area contributed by atoms with Gasteiger partial charge in [-0.3, -0.25) is 5.10 Å². The van der Waals surface area contributed by atoms with E-state index >= 15 is 0 Å². The van der Waals surface area contributed by atoms with Crippen molar-refractivity contribution in [1.29, 1.82) is 0 Å². The zero-order valence-electron chi connectivity index (χ0n) is 15.9. The Balaban J connectivity index is 2.23. The summed E-state index contributed by atoms with van der Waals surface area (Å²) in [7, 11) is 2.56. The second-order valence-corrected chi connectivity index (χ2v) is 7.86. The van der Waals surface area contributed by atoms with E-state index in [9.17, 15) is 8.42 Å². The van der Waals surface area contributed by atoms with Crippen molar-refractivity contribution in [3.05, 3.63) is 29.1 Å². The topological polar surface area (TPSA) is 93.8 Å². The number of likely N-dealkylation sites (N-methyl/N-ethyl adjacent to an activating group) is 1. The van der Waals surface area contributed by atoms with Crippen LogP contribution < -0.4 is 14.2 Å². The van der Waals surface area contributed by atoms with Crippen molar-refractivity contribution < 1.29 is 22.6 Å². The zero-order valence-corrected chi connectivity index (χ0v) is 16.7. The lowest BCUT2D eigenvalue weighted by Gasteiger charge is -2.18. The molecule has 0 fully saturated rings. The number of aromatic amines is 1. The molecule has 1 heterocycles. The van der Waals surface area contributed by atoms with E-state index < -0.39 is 10.0 Å². The van der Waals surface area contributed by atoms with Crippen LogP contribution in [0.2, 0.25) is 0 Å². The molecule has 0 aliphatic rings. The Kier molecular flexibility index (Phi) is 6.14. The maximum absolute atomic E-state index is 12.8. The summed E-state index contributed by atoms with van der Waals surface area (Å²) in [5.74, 6) is 1.58. The summed E-state index contributed by atoms with van der Waals surface area (Å²) in [6, 6.07) is 3.63. The molecular weight excluding hydrogens is 358 g/mol. The number of hydrogen-bond acceptors (Lipinski definition) is 6. The van der Waals surface area contributed by atoms with E-state index in [2.05, 4.69) is 10.2 Å². The molecule has 0 aliphatic heterocycles. The Morgan fingerprint density at radius 3 is 2.08 bits per heavy atom. The van der Waals surface area contributed by atoms with Crippen molar-refractivity contribution in [2.24, 2.45) is 0 Å². The molecule has 0 atom stereocenters. The van der Waals surface area contributed by atoms with E-state index in [1.807, 2.05) is 12.1 Å². The summed E-state index contributed by atoms with van der Waals surface area (Å²) in [5.41, 5.74) is 1.87. The minimum atomic E-state index is -3.62. The van der Waals surface area contributed by atoms with Crippen molar-refractivity contribution in [3.8, 4) is 17.2 Å². The van der Waals surface area contributed by atoms with Gasteiger partial charge in [0.15, 0.2) is 11.5 Å². The molecule has 1 aromatic heterocycles. The number of methoxy groups -OCH3 is 3. The third-order valence-electron chi connectivity index (χ3n) is 4.17. The van der Waals surface area contributed by atoms with Gasteiger partial charge < -0.3 is 14.2 Å². The molecule has 8 nitrogen and oxygen atoms in total. The monoisotopic (exact) mass is 383 g/mol. The summed E-state index contributed by atoms with van der Waals surface area (Å²) >= 11 is 0. The highest BCUT2D eigenvalue weighted by molar-refractivity contribution is 7.89. The summed E-state index contributed by atoms with van der Waals surface area (Å²) < 4.78 is 42.9. The lowest BCUT2D eigenvalue weighted by atomic mass is 10.1. The Morgan fingerprint density at radius 2 is 1.65 bits per heavy atom. The quantitative estimate of drug-likeness (QED) is 0.748. The Labute approximate surface area is 154 Å². The minimum Gasteiger partial charge on any atom is -0.493 e. The van der Waals surface area contributed by atoms with Crippen LogP contribution in [0.1, 0.15) is 17.0 Å². The average molecular weight is 383 g/mol. The first-order valence-corrected chi connectivity index (χ1v) is 9.47. The fraction of sp³-hybridized carbons (Fsp3) is 0.471. The molecule has 1 N–H and O–H groups in total. The predicted octanol–water partition coefficient (Wildman–Crippen LogP) is 1.92. The largest absolute Gasteiger partial charge is 0.493 e. The maximum Gasteiger partial charge on any atom is 0.246 e. The van der Waals surface area contributed by atoms with Gasteiger partial charge in [0, 0.05) is 13.6 Å². The molecule has 1 aromatic carbocycles. The first-order chi connectivity index (χ1) is 12.3. The smallest absolute Gasteiger partial charge is 0.246 e. The number of benzene rings is 1. The fourth-order valence-electron chi connectivity index (χ4n) is 2.76. The molecule has 26 heavy (non-hydrogen) atoms. The molecule has 0 radical (unpaired) electrons. The van der Waals surface area contributed by atoms with E-state index in [0.717, 1.165) is 5.56 Å². The number of H-pyrrole nitrogens is 1. The lowest BCUT2D eigenvalue weighted by molar-refractivity contribution is 0.323. The van der Waals surface area contributed by atoms with Gasteiger partial charge in [-0.05, 0) is 38.0 Å². The second-order valence-electron chi connectivity index (χ2n) is 5.87. The molecule has 0 amide bonds. The van der Waals surface area contributed by atoms with Crippen LogP contribution in [0.4, 0.5) is 0 Å². The van der Waals surface area contributed by atoms with E-state index in [4.69, 9.17) is 14.2 Å². The number of aromatic nitrogens is 2. The minimum absolute atomic E-state index is 0.227. The van der Waals surface area contributed by atoms with Crippen LogP contribution in [-0.4, -0.2) is 57.8 Å². The average Bonchev–Trinajstić information content (AvgIpc) is 2.97. The highest BCUT2D eigenvalue weighted by atomic mass is 32.2. The van der Waals surface area contributed by atoms with Crippen LogP contribution in [0.3, 0.4) is 0 Å². The Hall–Kier alpha value is -2.26. The summed E-state index contributed by atoms with van der Waals surface area (Å²) in [6.45, 7) is 3.66. The van der Waals surface area contributed by atoms with E-state index in [1.54, 1.807) is 35.1 Å². The van der Waals surface area contributed by atoms with E-state index in [1.165, 1.54) is 11.4 Å². The van der Waals surface area contributed by atoms with E-state index in [0.29, 0.717) is 41.6 Å². The molecule has 144 valence electrons. The highest BCUT2D eigenvalue weighted by Gasteiger charge is 2.27. The Bertz CT molecular complexity index is 832. The fourth-order valence-corrected chi connectivity index (χ4v) is 4.26. The van der Waals surface area contributed by atoms with Gasteiger partial charge in [-0.15, -0.1) is 0 Å². The molecule has 0 unspecified atom stereocenters. The van der Waals surface area contributed by atoms with Crippen LogP contribution in [0.15, 0.2) is 17.0 Å². The molecule has 0 saturated heterocycles. The predicted molar refractivity (Wildman–Crippen MR) is 97.7 cm³/mol. The van der Waals surface area contributed by atoms with Crippen LogP contribution in [0.5, 0.6) is 17.2 Å². The molecule has 2 rings (SSSR count). The molecular formula is C17H25N3O5S. The first kappa shape index (κ1) is 20.1. The number of nitrogens with one attached hydrogen (secondary N) is 1. The van der Waals surface area contributed by atoms with Gasteiger partial charge in [-0.25, -0.2) is 12.7 Å². The summed E-state index contributed by atoms with van der Waals surface area (Å²) in [5, 5.41) is 6.68. The van der Waals surface area contributed by atoms with Crippen molar-refractivity contribution in [3.63, 3.8) is 0 Å². The molecule has 9 heteroatoms. The van der Waals surface area contributed by atoms with Gasteiger partial charge in [0.1, 0.15) is 4.90 Å². The number of ether oxygens (including phenoxy) is 3. The summed E-state index contributed by atoms with van der Waals surface area (Å²) in [6.07, 6.45) is 0.488. The van der Waals surface area contributed by atoms with Crippen molar-refractivity contribution in [2.75, 3.05) is 34.9 Å². The highest BCUT2D eigenvalue weighted by Crippen LogP contribution is 2.38.